The standard InChI is InChI=1S/C11H21N3O5/c1-9(2)11(17)18-8-19-13-12-14(3)7-5-4-6-10(15)16/h9H,4-8H2,1-3H3,(H,15,16)/b13-12-. The number of carboxylic acid groups (broad SMARTS) is 1. The minimum Gasteiger partial charge on any atom is -0.481 e. The summed E-state index contributed by atoms with van der Waals surface area (Å²) in [5, 5.41) is 17.0. The van der Waals surface area contributed by atoms with Gasteiger partial charge in [-0.25, -0.2) is 0 Å². The number of carbonyl (C=O) groups is 2. The van der Waals surface area contributed by atoms with Gasteiger partial charge in [0.15, 0.2) is 0 Å². The average molecular weight is 275 g/mol. The fourth-order valence-electron chi connectivity index (χ4n) is 1.02. The summed E-state index contributed by atoms with van der Waals surface area (Å²) in [6.45, 7) is 3.74. The van der Waals surface area contributed by atoms with Crippen molar-refractivity contribution in [1.82, 2.24) is 5.01 Å². The molecule has 0 saturated heterocycles. The molecule has 8 heteroatoms. The first-order chi connectivity index (χ1) is 8.93. The number of nitrogens with zero attached hydrogens (tertiary/aromatic N) is 3. The first kappa shape index (κ1) is 17.1. The van der Waals surface area contributed by atoms with E-state index in [9.17, 15) is 9.59 Å². The van der Waals surface area contributed by atoms with E-state index in [-0.39, 0.29) is 25.1 Å². The highest BCUT2D eigenvalue weighted by Gasteiger charge is 2.07. The molecule has 0 bridgehead atoms. The van der Waals surface area contributed by atoms with Gasteiger partial charge in [-0.05, 0) is 18.1 Å². The van der Waals surface area contributed by atoms with Crippen molar-refractivity contribution in [2.24, 2.45) is 16.4 Å². The molecule has 0 aliphatic rings. The molecule has 19 heavy (non-hydrogen) atoms. The van der Waals surface area contributed by atoms with Crippen LogP contribution in [0, 0.1) is 5.92 Å². The zero-order valence-corrected chi connectivity index (χ0v) is 11.5. The molecule has 0 unspecified atom stereocenters. The predicted molar refractivity (Wildman–Crippen MR) is 65.9 cm³/mol. The molecule has 0 heterocycles. The van der Waals surface area contributed by atoms with Crippen molar-refractivity contribution < 1.29 is 24.3 Å². The van der Waals surface area contributed by atoms with Gasteiger partial charge in [0, 0.05) is 25.3 Å². The van der Waals surface area contributed by atoms with Crippen LogP contribution >= 0.6 is 0 Å². The van der Waals surface area contributed by atoms with Crippen LogP contribution < -0.4 is 0 Å². The first-order valence-corrected chi connectivity index (χ1v) is 6.06. The number of rotatable bonds is 10. The van der Waals surface area contributed by atoms with Gasteiger partial charge in [-0.2, -0.15) is 0 Å². The first-order valence-electron chi connectivity index (χ1n) is 6.06. The van der Waals surface area contributed by atoms with E-state index >= 15 is 0 Å². The van der Waals surface area contributed by atoms with Crippen molar-refractivity contribution >= 4 is 11.9 Å². The van der Waals surface area contributed by atoms with E-state index in [4.69, 9.17) is 9.84 Å². The SMILES string of the molecule is CC(C)C(=O)OCO/N=N\N(C)CCCCC(=O)O. The van der Waals surface area contributed by atoms with Crippen LogP contribution in [0.1, 0.15) is 33.1 Å². The molecule has 1 N–H and O–H groups in total. The van der Waals surface area contributed by atoms with Crippen LogP contribution in [0.3, 0.4) is 0 Å². The van der Waals surface area contributed by atoms with Crippen molar-refractivity contribution in [2.75, 3.05) is 20.4 Å². The van der Waals surface area contributed by atoms with E-state index in [1.807, 2.05) is 0 Å². The molecule has 0 fully saturated rings. The highest BCUT2D eigenvalue weighted by Crippen LogP contribution is 1.99. The highest BCUT2D eigenvalue weighted by molar-refractivity contribution is 5.71. The molecule has 0 aromatic heterocycles. The van der Waals surface area contributed by atoms with Crippen LogP contribution in [0.25, 0.3) is 0 Å². The minimum absolute atomic E-state index is 0.145. The van der Waals surface area contributed by atoms with E-state index < -0.39 is 5.97 Å². The summed E-state index contributed by atoms with van der Waals surface area (Å²) in [7, 11) is 1.69. The second-order valence-corrected chi connectivity index (χ2v) is 4.27. The number of esters is 1. The molecule has 0 rings (SSSR count). The number of hydrogen-bond donors (Lipinski definition) is 1. The normalized spacial score (nSPS) is 10.7. The third-order valence-corrected chi connectivity index (χ3v) is 2.09. The monoisotopic (exact) mass is 275 g/mol. The Bertz CT molecular complexity index is 307. The third kappa shape index (κ3) is 11.0. The molecule has 0 aromatic carbocycles. The largest absolute Gasteiger partial charge is 0.481 e. The maximum absolute atomic E-state index is 11.0. The minimum atomic E-state index is -0.806. The summed E-state index contributed by atoms with van der Waals surface area (Å²) >= 11 is 0. The molecular weight excluding hydrogens is 254 g/mol. The van der Waals surface area contributed by atoms with Gasteiger partial charge >= 0.3 is 11.9 Å². The number of aliphatic carboxylic acids is 1. The molecular formula is C11H21N3O5. The van der Waals surface area contributed by atoms with Gasteiger partial charge < -0.3 is 14.7 Å². The van der Waals surface area contributed by atoms with E-state index in [2.05, 4.69) is 15.3 Å². The number of hydrogen-bond acceptors (Lipinski definition) is 6. The second kappa shape index (κ2) is 10.1. The zero-order valence-electron chi connectivity index (χ0n) is 11.5. The van der Waals surface area contributed by atoms with Gasteiger partial charge in [-0.3, -0.25) is 14.6 Å². The maximum atomic E-state index is 11.0. The molecule has 0 atom stereocenters. The lowest BCUT2D eigenvalue weighted by molar-refractivity contribution is -0.161. The molecule has 0 spiro atoms. The molecule has 0 aliphatic heterocycles. The summed E-state index contributed by atoms with van der Waals surface area (Å²) in [6, 6.07) is 0. The Morgan fingerprint density at radius 2 is 2.00 bits per heavy atom. The van der Waals surface area contributed by atoms with E-state index in [0.29, 0.717) is 19.4 Å². The Labute approximate surface area is 112 Å². The van der Waals surface area contributed by atoms with Crippen molar-refractivity contribution in [2.45, 2.75) is 33.1 Å². The van der Waals surface area contributed by atoms with Crippen LogP contribution in [0.15, 0.2) is 10.5 Å². The van der Waals surface area contributed by atoms with E-state index in [1.54, 1.807) is 20.9 Å². The number of carboxylic acids is 1. The highest BCUT2D eigenvalue weighted by atomic mass is 16.8. The lowest BCUT2D eigenvalue weighted by Gasteiger charge is -2.09. The number of carbonyl (C=O) groups excluding carboxylic acids is 1. The van der Waals surface area contributed by atoms with E-state index in [1.165, 1.54) is 5.01 Å². The van der Waals surface area contributed by atoms with E-state index in [0.717, 1.165) is 0 Å². The Morgan fingerprint density at radius 3 is 2.58 bits per heavy atom. The maximum Gasteiger partial charge on any atom is 0.311 e. The number of unbranched alkanes of at least 4 members (excludes halogenated alkanes) is 1. The summed E-state index contributed by atoms with van der Waals surface area (Å²) in [5.74, 6) is -1.38. The van der Waals surface area contributed by atoms with Crippen molar-refractivity contribution in [3.8, 4) is 0 Å². The average Bonchev–Trinajstić information content (AvgIpc) is 2.33. The predicted octanol–water partition coefficient (Wildman–Crippen LogP) is 1.63. The van der Waals surface area contributed by atoms with Gasteiger partial charge in [0.25, 0.3) is 6.79 Å². The smallest absolute Gasteiger partial charge is 0.311 e. The van der Waals surface area contributed by atoms with Crippen LogP contribution in [0.4, 0.5) is 0 Å². The lowest BCUT2D eigenvalue weighted by atomic mass is 10.2. The Kier molecular flexibility index (Phi) is 9.11. The Hall–Kier alpha value is -1.86. The van der Waals surface area contributed by atoms with Crippen LogP contribution in [-0.4, -0.2) is 42.4 Å². The zero-order chi connectivity index (χ0) is 14.7. The molecule has 0 aromatic rings. The molecule has 110 valence electrons. The molecule has 0 saturated carbocycles. The lowest BCUT2D eigenvalue weighted by Crippen LogP contribution is -2.14. The van der Waals surface area contributed by atoms with Gasteiger partial charge in [-0.1, -0.05) is 13.8 Å². The topological polar surface area (TPSA) is 101 Å². The molecule has 0 aliphatic carbocycles. The molecule has 0 radical (unpaired) electrons. The van der Waals surface area contributed by atoms with Crippen molar-refractivity contribution in [1.29, 1.82) is 0 Å². The van der Waals surface area contributed by atoms with Crippen molar-refractivity contribution in [3.05, 3.63) is 0 Å². The number of ether oxygens (including phenoxy) is 1. The molecule has 0 amide bonds. The fourth-order valence-corrected chi connectivity index (χ4v) is 1.02. The summed E-state index contributed by atoms with van der Waals surface area (Å²) in [5.41, 5.74) is 0. The molecule has 8 nitrogen and oxygen atoms in total. The van der Waals surface area contributed by atoms with Gasteiger partial charge in [0.1, 0.15) is 0 Å². The Balaban J connectivity index is 3.54. The summed E-state index contributed by atoms with van der Waals surface area (Å²) in [4.78, 5) is 26.0. The van der Waals surface area contributed by atoms with Gasteiger partial charge in [0.2, 0.25) is 0 Å². The summed E-state index contributed by atoms with van der Waals surface area (Å²) < 4.78 is 4.71. The second-order valence-electron chi connectivity index (χ2n) is 4.27. The Morgan fingerprint density at radius 1 is 1.32 bits per heavy atom. The quantitative estimate of drug-likeness (QED) is 0.214. The third-order valence-electron chi connectivity index (χ3n) is 2.09. The van der Waals surface area contributed by atoms with Crippen LogP contribution in [-0.2, 0) is 19.2 Å². The van der Waals surface area contributed by atoms with Crippen LogP contribution in [0.2, 0.25) is 0 Å². The van der Waals surface area contributed by atoms with Crippen molar-refractivity contribution in [3.63, 3.8) is 0 Å². The van der Waals surface area contributed by atoms with Crippen LogP contribution in [0.5, 0.6) is 0 Å². The van der Waals surface area contributed by atoms with Gasteiger partial charge in [-0.15, -0.1) is 0 Å². The summed E-state index contributed by atoms with van der Waals surface area (Å²) in [6.07, 6.45) is 1.43. The fraction of sp³-hybridized carbons (Fsp3) is 0.818. The van der Waals surface area contributed by atoms with Gasteiger partial charge in [0.05, 0.1) is 5.92 Å².